The van der Waals surface area contributed by atoms with E-state index < -0.39 is 22.0 Å². The van der Waals surface area contributed by atoms with Crippen LogP contribution in [-0.2, 0) is 10.0 Å². The SMILES string of the molecule is Cc1cccc(S(=O)(=O)N2CCC[C@@H]2c2nnc(C(=O)Nc3ccc(Cl)cc3)s2)c1. The average molecular weight is 463 g/mol. The molecule has 0 aliphatic carbocycles. The van der Waals surface area contributed by atoms with Crippen LogP contribution in [0.15, 0.2) is 53.4 Å². The molecule has 1 amide bonds. The number of amides is 1. The highest BCUT2D eigenvalue weighted by Crippen LogP contribution is 2.37. The molecule has 30 heavy (non-hydrogen) atoms. The van der Waals surface area contributed by atoms with Crippen molar-refractivity contribution >= 4 is 44.6 Å². The van der Waals surface area contributed by atoms with Crippen molar-refractivity contribution in [1.82, 2.24) is 14.5 Å². The summed E-state index contributed by atoms with van der Waals surface area (Å²) in [6.45, 7) is 2.27. The van der Waals surface area contributed by atoms with Crippen LogP contribution >= 0.6 is 22.9 Å². The Morgan fingerprint density at radius 3 is 2.70 bits per heavy atom. The Balaban J connectivity index is 1.55. The minimum absolute atomic E-state index is 0.180. The molecule has 3 aromatic rings. The van der Waals surface area contributed by atoms with Crippen LogP contribution in [0.3, 0.4) is 0 Å². The molecule has 0 bridgehead atoms. The maximum atomic E-state index is 13.2. The van der Waals surface area contributed by atoms with Crippen molar-refractivity contribution in [2.24, 2.45) is 0 Å². The number of carbonyl (C=O) groups is 1. The number of hydrogen-bond donors (Lipinski definition) is 1. The van der Waals surface area contributed by atoms with Gasteiger partial charge in [-0.15, -0.1) is 10.2 Å². The van der Waals surface area contributed by atoms with Crippen LogP contribution in [0.2, 0.25) is 5.02 Å². The molecule has 2 heterocycles. The number of nitrogens with zero attached hydrogens (tertiary/aromatic N) is 3. The fourth-order valence-corrected chi connectivity index (χ4v) is 6.21. The molecule has 10 heteroatoms. The van der Waals surface area contributed by atoms with E-state index >= 15 is 0 Å². The maximum Gasteiger partial charge on any atom is 0.286 e. The lowest BCUT2D eigenvalue weighted by molar-refractivity contribution is 0.102. The minimum Gasteiger partial charge on any atom is -0.320 e. The number of aromatic nitrogens is 2. The smallest absolute Gasteiger partial charge is 0.286 e. The third-order valence-corrected chi connectivity index (χ3v) is 8.00. The molecular weight excluding hydrogens is 444 g/mol. The van der Waals surface area contributed by atoms with E-state index in [2.05, 4.69) is 15.5 Å². The number of nitrogens with one attached hydrogen (secondary N) is 1. The van der Waals surface area contributed by atoms with Crippen LogP contribution in [0.4, 0.5) is 5.69 Å². The van der Waals surface area contributed by atoms with Crippen molar-refractivity contribution in [2.45, 2.75) is 30.7 Å². The minimum atomic E-state index is -3.66. The predicted octanol–water partition coefficient (Wildman–Crippen LogP) is 4.28. The summed E-state index contributed by atoms with van der Waals surface area (Å²) in [5.74, 6) is -0.396. The summed E-state index contributed by atoms with van der Waals surface area (Å²) in [7, 11) is -3.66. The zero-order chi connectivity index (χ0) is 21.3. The number of benzene rings is 2. The number of carbonyl (C=O) groups excluding carboxylic acids is 1. The number of anilines is 1. The van der Waals surface area contributed by atoms with Gasteiger partial charge in [-0.1, -0.05) is 35.1 Å². The number of rotatable bonds is 5. The predicted molar refractivity (Wildman–Crippen MR) is 116 cm³/mol. The molecule has 1 saturated heterocycles. The molecule has 1 fully saturated rings. The van der Waals surface area contributed by atoms with Gasteiger partial charge in [0.05, 0.1) is 10.9 Å². The van der Waals surface area contributed by atoms with Crippen LogP contribution in [0.5, 0.6) is 0 Å². The van der Waals surface area contributed by atoms with E-state index in [9.17, 15) is 13.2 Å². The number of sulfonamides is 1. The first kappa shape index (κ1) is 20.9. The van der Waals surface area contributed by atoms with Gasteiger partial charge in [0.15, 0.2) is 0 Å². The number of halogens is 1. The van der Waals surface area contributed by atoms with Crippen molar-refractivity contribution in [2.75, 3.05) is 11.9 Å². The van der Waals surface area contributed by atoms with Gasteiger partial charge in [0.1, 0.15) is 5.01 Å². The van der Waals surface area contributed by atoms with E-state index in [1.165, 1.54) is 4.31 Å². The summed E-state index contributed by atoms with van der Waals surface area (Å²) in [5.41, 5.74) is 1.47. The first-order chi connectivity index (χ1) is 14.3. The van der Waals surface area contributed by atoms with Crippen LogP contribution < -0.4 is 5.32 Å². The Kier molecular flexibility index (Phi) is 5.88. The lowest BCUT2D eigenvalue weighted by Gasteiger charge is -2.22. The third-order valence-electron chi connectivity index (χ3n) is 4.82. The maximum absolute atomic E-state index is 13.2. The van der Waals surface area contributed by atoms with Gasteiger partial charge in [-0.2, -0.15) is 4.31 Å². The van der Waals surface area contributed by atoms with E-state index in [0.717, 1.165) is 23.3 Å². The van der Waals surface area contributed by atoms with Crippen LogP contribution in [-0.4, -0.2) is 35.4 Å². The summed E-state index contributed by atoms with van der Waals surface area (Å²) in [4.78, 5) is 12.8. The van der Waals surface area contributed by atoms with Gasteiger partial charge in [0, 0.05) is 17.3 Å². The van der Waals surface area contributed by atoms with E-state index in [1.54, 1.807) is 42.5 Å². The Bertz CT molecular complexity index is 1180. The molecule has 1 aliphatic heterocycles. The Hall–Kier alpha value is -2.33. The van der Waals surface area contributed by atoms with E-state index in [4.69, 9.17) is 11.6 Å². The molecule has 0 radical (unpaired) electrons. The Labute approximate surface area is 183 Å². The summed E-state index contributed by atoms with van der Waals surface area (Å²) in [5, 5.41) is 12.1. The van der Waals surface area contributed by atoms with Crippen molar-refractivity contribution in [3.05, 3.63) is 69.1 Å². The van der Waals surface area contributed by atoms with Crippen LogP contribution in [0, 0.1) is 6.92 Å². The molecule has 2 aromatic carbocycles. The highest BCUT2D eigenvalue weighted by Gasteiger charge is 2.38. The molecule has 0 spiro atoms. The molecule has 7 nitrogen and oxygen atoms in total. The lowest BCUT2D eigenvalue weighted by Crippen LogP contribution is -2.30. The van der Waals surface area contributed by atoms with Crippen molar-refractivity contribution in [3.8, 4) is 0 Å². The molecule has 1 aliphatic rings. The van der Waals surface area contributed by atoms with Gasteiger partial charge in [0.25, 0.3) is 5.91 Å². The average Bonchev–Trinajstić information content (AvgIpc) is 3.39. The summed E-state index contributed by atoms with van der Waals surface area (Å²) in [6, 6.07) is 13.2. The van der Waals surface area contributed by atoms with E-state index in [-0.39, 0.29) is 9.90 Å². The molecule has 1 aromatic heterocycles. The van der Waals surface area contributed by atoms with E-state index in [1.807, 2.05) is 13.0 Å². The second-order valence-corrected chi connectivity index (χ2v) is 10.3. The highest BCUT2D eigenvalue weighted by molar-refractivity contribution is 7.89. The van der Waals surface area contributed by atoms with Crippen molar-refractivity contribution in [1.29, 1.82) is 0 Å². The normalized spacial score (nSPS) is 17.2. The summed E-state index contributed by atoms with van der Waals surface area (Å²) in [6.07, 6.45) is 1.36. The molecule has 0 saturated carbocycles. The first-order valence-electron chi connectivity index (χ1n) is 9.33. The fraction of sp³-hybridized carbons (Fsp3) is 0.250. The molecule has 0 unspecified atom stereocenters. The number of hydrogen-bond acceptors (Lipinski definition) is 6. The molecule has 1 N–H and O–H groups in total. The van der Waals surface area contributed by atoms with Gasteiger partial charge >= 0.3 is 0 Å². The second kappa shape index (κ2) is 8.43. The fourth-order valence-electron chi connectivity index (χ4n) is 3.36. The lowest BCUT2D eigenvalue weighted by atomic mass is 10.2. The second-order valence-electron chi connectivity index (χ2n) is 7.00. The summed E-state index contributed by atoms with van der Waals surface area (Å²) < 4.78 is 27.8. The van der Waals surface area contributed by atoms with Gasteiger partial charge in [-0.3, -0.25) is 4.79 Å². The molecule has 1 atom stereocenters. The molecular formula is C20H19ClN4O3S2. The Morgan fingerprint density at radius 2 is 1.97 bits per heavy atom. The third kappa shape index (κ3) is 4.24. The van der Waals surface area contributed by atoms with Gasteiger partial charge < -0.3 is 5.32 Å². The van der Waals surface area contributed by atoms with Crippen LogP contribution in [0.1, 0.15) is 39.3 Å². The molecule has 4 rings (SSSR count). The Morgan fingerprint density at radius 1 is 1.20 bits per heavy atom. The monoisotopic (exact) mass is 462 g/mol. The van der Waals surface area contributed by atoms with Crippen LogP contribution in [0.25, 0.3) is 0 Å². The zero-order valence-electron chi connectivity index (χ0n) is 16.1. The summed E-state index contributed by atoms with van der Waals surface area (Å²) >= 11 is 6.97. The molecule has 156 valence electrons. The topological polar surface area (TPSA) is 92.3 Å². The largest absolute Gasteiger partial charge is 0.320 e. The van der Waals surface area contributed by atoms with Gasteiger partial charge in [-0.25, -0.2) is 8.42 Å². The van der Waals surface area contributed by atoms with Crippen molar-refractivity contribution < 1.29 is 13.2 Å². The first-order valence-corrected chi connectivity index (χ1v) is 12.0. The van der Waals surface area contributed by atoms with Gasteiger partial charge in [-0.05, 0) is 61.7 Å². The van der Waals surface area contributed by atoms with Gasteiger partial charge in [0.2, 0.25) is 15.0 Å². The zero-order valence-corrected chi connectivity index (χ0v) is 18.5. The highest BCUT2D eigenvalue weighted by atomic mass is 35.5. The van der Waals surface area contributed by atoms with E-state index in [0.29, 0.717) is 28.7 Å². The quantitative estimate of drug-likeness (QED) is 0.611. The standard InChI is InChI=1S/C20H19ClN4O3S2/c1-13-4-2-5-16(12-13)30(27,28)25-11-3-6-17(25)19-23-24-20(29-19)18(26)22-15-9-7-14(21)8-10-15/h2,4-5,7-10,12,17H,3,6,11H2,1H3,(H,22,26)/t17-/m1/s1. The number of aryl methyl sites for hydroxylation is 1. The van der Waals surface area contributed by atoms with Crippen molar-refractivity contribution in [3.63, 3.8) is 0 Å².